The largest absolute Gasteiger partial charge is 0.354 e. The van der Waals surface area contributed by atoms with Gasteiger partial charge in [0.05, 0.1) is 20.1 Å². The number of rotatable bonds is 4. The Kier molecular flexibility index (Phi) is 5.98. The molecule has 0 bridgehead atoms. The normalized spacial score (nSPS) is 18.9. The van der Waals surface area contributed by atoms with Gasteiger partial charge in [-0.05, 0) is 39.1 Å². The second-order valence-electron chi connectivity index (χ2n) is 8.71. The minimum atomic E-state index is -3.56. The van der Waals surface area contributed by atoms with E-state index in [1.54, 1.807) is 22.5 Å². The van der Waals surface area contributed by atoms with Gasteiger partial charge in [-0.15, -0.1) is 11.3 Å². The van der Waals surface area contributed by atoms with Gasteiger partial charge in [-0.2, -0.15) is 9.29 Å². The van der Waals surface area contributed by atoms with Gasteiger partial charge in [0.1, 0.15) is 5.82 Å². The van der Waals surface area contributed by atoms with Gasteiger partial charge in [0.2, 0.25) is 16.0 Å². The molecule has 2 fully saturated rings. The summed E-state index contributed by atoms with van der Waals surface area (Å²) in [6, 6.07) is 7.23. The Morgan fingerprint density at radius 1 is 0.848 bits per heavy atom. The topological polar surface area (TPSA) is 85.8 Å². The summed E-state index contributed by atoms with van der Waals surface area (Å²) in [5.41, 5.74) is 1.77. The number of sulfonamides is 1. The van der Waals surface area contributed by atoms with Gasteiger partial charge in [-0.25, -0.2) is 18.4 Å². The molecule has 5 rings (SSSR count). The SMILES string of the molecule is Cc1cc(N2CCN(C)CC2)nc(N2CCN(S(=O)(=O)c3ccc4nc(C)sc4c3)CC2)n1. The molecule has 2 aromatic heterocycles. The third-order valence-electron chi connectivity index (χ3n) is 6.28. The molecule has 0 saturated carbocycles. The summed E-state index contributed by atoms with van der Waals surface area (Å²) in [5.74, 6) is 1.64. The van der Waals surface area contributed by atoms with Gasteiger partial charge in [0, 0.05) is 64.1 Å². The Morgan fingerprint density at radius 3 is 2.27 bits per heavy atom. The van der Waals surface area contributed by atoms with E-state index in [0.29, 0.717) is 37.0 Å². The van der Waals surface area contributed by atoms with Crippen LogP contribution in [0, 0.1) is 13.8 Å². The predicted molar refractivity (Wildman–Crippen MR) is 132 cm³/mol. The van der Waals surface area contributed by atoms with E-state index in [1.165, 1.54) is 11.3 Å². The van der Waals surface area contributed by atoms with E-state index in [1.807, 2.05) is 19.9 Å². The summed E-state index contributed by atoms with van der Waals surface area (Å²) < 4.78 is 29.0. The number of nitrogens with zero attached hydrogens (tertiary/aromatic N) is 7. The highest BCUT2D eigenvalue weighted by Crippen LogP contribution is 2.27. The third-order valence-corrected chi connectivity index (χ3v) is 9.11. The van der Waals surface area contributed by atoms with Crippen LogP contribution in [0.2, 0.25) is 0 Å². The van der Waals surface area contributed by atoms with Crippen LogP contribution in [0.25, 0.3) is 10.2 Å². The van der Waals surface area contributed by atoms with E-state index in [-0.39, 0.29) is 0 Å². The van der Waals surface area contributed by atoms with Gasteiger partial charge in [-0.1, -0.05) is 0 Å². The maximum absolute atomic E-state index is 13.3. The van der Waals surface area contributed by atoms with E-state index in [9.17, 15) is 8.42 Å². The molecule has 0 spiro atoms. The first-order valence-electron chi connectivity index (χ1n) is 11.2. The molecule has 0 atom stereocenters. The molecule has 0 radical (unpaired) electrons. The van der Waals surface area contributed by atoms with Crippen LogP contribution in [0.4, 0.5) is 11.8 Å². The highest BCUT2D eigenvalue weighted by Gasteiger charge is 2.30. The number of likely N-dealkylation sites (N-methyl/N-ethyl adjacent to an activating group) is 1. The molecular formula is C22H29N7O2S2. The zero-order valence-corrected chi connectivity index (χ0v) is 20.9. The summed E-state index contributed by atoms with van der Waals surface area (Å²) >= 11 is 1.52. The number of benzene rings is 1. The molecule has 0 aliphatic carbocycles. The molecular weight excluding hydrogens is 458 g/mol. The molecule has 11 heteroatoms. The van der Waals surface area contributed by atoms with E-state index >= 15 is 0 Å². The molecule has 9 nitrogen and oxygen atoms in total. The fourth-order valence-electron chi connectivity index (χ4n) is 4.33. The number of hydrogen-bond donors (Lipinski definition) is 0. The maximum atomic E-state index is 13.3. The summed E-state index contributed by atoms with van der Waals surface area (Å²) in [5, 5.41) is 0.933. The van der Waals surface area contributed by atoms with Gasteiger partial charge < -0.3 is 14.7 Å². The monoisotopic (exact) mass is 487 g/mol. The molecule has 0 N–H and O–H groups in total. The summed E-state index contributed by atoms with van der Waals surface area (Å²) in [4.78, 5) is 21.0. The number of aryl methyl sites for hydroxylation is 2. The number of anilines is 2. The standard InChI is InChI=1S/C22H29N7O2S2/c1-16-14-21(27-8-6-26(3)7-9-27)25-22(23-16)28-10-12-29(13-11-28)33(30,31)18-4-5-19-20(15-18)32-17(2)24-19/h4-5,14-15H,6-13H2,1-3H3. The fraction of sp³-hybridized carbons (Fsp3) is 0.500. The number of piperazine rings is 2. The van der Waals surface area contributed by atoms with E-state index < -0.39 is 10.0 Å². The van der Waals surface area contributed by atoms with E-state index in [4.69, 9.17) is 4.98 Å². The van der Waals surface area contributed by atoms with Crippen LogP contribution in [0.15, 0.2) is 29.2 Å². The van der Waals surface area contributed by atoms with Crippen molar-refractivity contribution in [3.8, 4) is 0 Å². The lowest BCUT2D eigenvalue weighted by atomic mass is 10.3. The van der Waals surface area contributed by atoms with Crippen molar-refractivity contribution < 1.29 is 8.42 Å². The lowest BCUT2D eigenvalue weighted by Gasteiger charge is -2.36. The molecule has 2 aliphatic heterocycles. The first-order chi connectivity index (χ1) is 15.8. The van der Waals surface area contributed by atoms with Crippen LogP contribution in [-0.2, 0) is 10.0 Å². The molecule has 2 saturated heterocycles. The van der Waals surface area contributed by atoms with Crippen LogP contribution < -0.4 is 9.80 Å². The maximum Gasteiger partial charge on any atom is 0.243 e. The predicted octanol–water partition coefficient (Wildman–Crippen LogP) is 1.97. The minimum absolute atomic E-state index is 0.330. The Balaban J connectivity index is 1.30. The zero-order chi connectivity index (χ0) is 23.2. The van der Waals surface area contributed by atoms with E-state index in [0.717, 1.165) is 52.9 Å². The lowest BCUT2D eigenvalue weighted by Crippen LogP contribution is -2.49. The van der Waals surface area contributed by atoms with Crippen molar-refractivity contribution in [2.24, 2.45) is 0 Å². The number of fused-ring (bicyclic) bond motifs is 1. The molecule has 4 heterocycles. The number of aromatic nitrogens is 3. The smallest absolute Gasteiger partial charge is 0.243 e. The van der Waals surface area contributed by atoms with Crippen LogP contribution >= 0.6 is 11.3 Å². The lowest BCUT2D eigenvalue weighted by molar-refractivity contribution is 0.312. The van der Waals surface area contributed by atoms with Crippen LogP contribution in [-0.4, -0.2) is 92.0 Å². The highest BCUT2D eigenvalue weighted by atomic mass is 32.2. The second kappa shape index (κ2) is 8.79. The quantitative estimate of drug-likeness (QED) is 0.552. The molecule has 33 heavy (non-hydrogen) atoms. The van der Waals surface area contributed by atoms with Crippen molar-refractivity contribution in [1.29, 1.82) is 0 Å². The molecule has 0 amide bonds. The van der Waals surface area contributed by atoms with Crippen molar-refractivity contribution in [3.63, 3.8) is 0 Å². The van der Waals surface area contributed by atoms with Crippen molar-refractivity contribution in [1.82, 2.24) is 24.2 Å². The zero-order valence-electron chi connectivity index (χ0n) is 19.2. The van der Waals surface area contributed by atoms with Gasteiger partial charge in [-0.3, -0.25) is 0 Å². The average molecular weight is 488 g/mol. The Hall–Kier alpha value is -2.34. The number of thiazole rings is 1. The van der Waals surface area contributed by atoms with Crippen molar-refractivity contribution in [2.45, 2.75) is 18.7 Å². The Labute approximate surface area is 198 Å². The van der Waals surface area contributed by atoms with Crippen LogP contribution in [0.5, 0.6) is 0 Å². The van der Waals surface area contributed by atoms with Crippen molar-refractivity contribution in [2.75, 3.05) is 69.2 Å². The van der Waals surface area contributed by atoms with Gasteiger partial charge >= 0.3 is 0 Å². The molecule has 3 aromatic rings. The molecule has 2 aliphatic rings. The molecule has 0 unspecified atom stereocenters. The molecule has 176 valence electrons. The molecule has 1 aromatic carbocycles. The van der Waals surface area contributed by atoms with Crippen LogP contribution in [0.3, 0.4) is 0 Å². The third kappa shape index (κ3) is 4.54. The summed E-state index contributed by atoms with van der Waals surface area (Å²) in [7, 11) is -1.42. The fourth-order valence-corrected chi connectivity index (χ4v) is 6.72. The minimum Gasteiger partial charge on any atom is -0.354 e. The van der Waals surface area contributed by atoms with Gasteiger partial charge in [0.25, 0.3) is 0 Å². The first-order valence-corrected chi connectivity index (χ1v) is 13.5. The first kappa shape index (κ1) is 22.5. The number of hydrogen-bond acceptors (Lipinski definition) is 9. The van der Waals surface area contributed by atoms with Gasteiger partial charge in [0.15, 0.2) is 0 Å². The van der Waals surface area contributed by atoms with Crippen molar-refractivity contribution in [3.05, 3.63) is 35.0 Å². The summed E-state index contributed by atoms with van der Waals surface area (Å²) in [6.45, 7) is 9.78. The Morgan fingerprint density at radius 2 is 1.55 bits per heavy atom. The average Bonchev–Trinajstić information content (AvgIpc) is 3.18. The van der Waals surface area contributed by atoms with E-state index in [2.05, 4.69) is 31.7 Å². The summed E-state index contributed by atoms with van der Waals surface area (Å²) in [6.07, 6.45) is 0. The Bertz CT molecular complexity index is 1260. The second-order valence-corrected chi connectivity index (χ2v) is 11.9. The van der Waals surface area contributed by atoms with Crippen LogP contribution in [0.1, 0.15) is 10.7 Å². The highest BCUT2D eigenvalue weighted by molar-refractivity contribution is 7.89. The van der Waals surface area contributed by atoms with Crippen molar-refractivity contribution >= 4 is 43.3 Å².